The summed E-state index contributed by atoms with van der Waals surface area (Å²) in [4.78, 5) is 0. The van der Waals surface area contributed by atoms with Gasteiger partial charge in [-0.05, 0) is 36.5 Å². The predicted octanol–water partition coefficient (Wildman–Crippen LogP) is 2.36. The number of benzene rings is 1. The van der Waals surface area contributed by atoms with Crippen LogP contribution in [-0.2, 0) is 0 Å². The van der Waals surface area contributed by atoms with Crippen LogP contribution in [0, 0.1) is 11.8 Å². The molecule has 3 atom stereocenters. The average Bonchev–Trinajstić information content (AvgIpc) is 3.04. The lowest BCUT2D eigenvalue weighted by atomic mass is 10.0. The summed E-state index contributed by atoms with van der Waals surface area (Å²) in [7, 11) is 3.34. The fourth-order valence-electron chi connectivity index (χ4n) is 2.18. The summed E-state index contributed by atoms with van der Waals surface area (Å²) >= 11 is 0. The molecule has 0 aliphatic heterocycles. The molecule has 0 saturated heterocycles. The van der Waals surface area contributed by atoms with Gasteiger partial charge in [-0.25, -0.2) is 0 Å². The van der Waals surface area contributed by atoms with E-state index in [0.717, 1.165) is 23.0 Å². The molecule has 1 aromatic carbocycles. The first kappa shape index (κ1) is 11.3. The number of ether oxygens (including phenoxy) is 2. The summed E-state index contributed by atoms with van der Waals surface area (Å²) in [6.45, 7) is 2.23. The zero-order chi connectivity index (χ0) is 11.7. The van der Waals surface area contributed by atoms with E-state index in [1.807, 2.05) is 18.2 Å². The highest BCUT2D eigenvalue weighted by Gasteiger charge is 2.39. The van der Waals surface area contributed by atoms with Crippen LogP contribution in [0.3, 0.4) is 0 Å². The first-order valence-corrected chi connectivity index (χ1v) is 5.65. The van der Waals surface area contributed by atoms with Crippen LogP contribution < -0.4 is 15.2 Å². The zero-order valence-corrected chi connectivity index (χ0v) is 10.1. The van der Waals surface area contributed by atoms with E-state index in [1.165, 1.54) is 6.42 Å². The van der Waals surface area contributed by atoms with Crippen LogP contribution in [0.1, 0.15) is 24.9 Å². The molecule has 1 saturated carbocycles. The lowest BCUT2D eigenvalue weighted by molar-refractivity contribution is 0.392. The Bertz CT molecular complexity index is 378. The average molecular weight is 221 g/mol. The first-order valence-electron chi connectivity index (χ1n) is 5.65. The molecule has 3 heteroatoms. The molecule has 1 aliphatic rings. The molecule has 0 spiro atoms. The number of hydrogen-bond donors (Lipinski definition) is 1. The normalized spacial score (nSPS) is 25.0. The van der Waals surface area contributed by atoms with Gasteiger partial charge in [0.1, 0.15) is 11.5 Å². The Hall–Kier alpha value is -1.22. The van der Waals surface area contributed by atoms with Crippen molar-refractivity contribution in [3.8, 4) is 11.5 Å². The van der Waals surface area contributed by atoms with Gasteiger partial charge in [-0.15, -0.1) is 0 Å². The predicted molar refractivity (Wildman–Crippen MR) is 63.7 cm³/mol. The van der Waals surface area contributed by atoms with E-state index >= 15 is 0 Å². The molecule has 0 aromatic heterocycles. The summed E-state index contributed by atoms with van der Waals surface area (Å²) in [5.41, 5.74) is 7.31. The van der Waals surface area contributed by atoms with Gasteiger partial charge >= 0.3 is 0 Å². The maximum absolute atomic E-state index is 6.26. The molecule has 0 amide bonds. The molecule has 88 valence electrons. The Labute approximate surface area is 96.5 Å². The third-order valence-electron chi connectivity index (χ3n) is 3.43. The molecule has 0 heterocycles. The van der Waals surface area contributed by atoms with Crippen molar-refractivity contribution in [2.75, 3.05) is 14.2 Å². The lowest BCUT2D eigenvalue weighted by Gasteiger charge is -2.16. The van der Waals surface area contributed by atoms with E-state index in [2.05, 4.69) is 6.92 Å². The molecule has 16 heavy (non-hydrogen) atoms. The van der Waals surface area contributed by atoms with Crippen molar-refractivity contribution in [1.29, 1.82) is 0 Å². The summed E-state index contributed by atoms with van der Waals surface area (Å²) < 4.78 is 10.6. The quantitative estimate of drug-likeness (QED) is 0.848. The highest BCUT2D eigenvalue weighted by molar-refractivity contribution is 5.42. The summed E-state index contributed by atoms with van der Waals surface area (Å²) in [6.07, 6.45) is 1.21. The van der Waals surface area contributed by atoms with Gasteiger partial charge in [0, 0.05) is 11.6 Å². The second-order valence-electron chi connectivity index (χ2n) is 4.51. The van der Waals surface area contributed by atoms with Crippen molar-refractivity contribution in [2.24, 2.45) is 17.6 Å². The van der Waals surface area contributed by atoms with Gasteiger partial charge in [0.25, 0.3) is 0 Å². The molecule has 3 nitrogen and oxygen atoms in total. The minimum atomic E-state index is 0.0556. The van der Waals surface area contributed by atoms with Crippen molar-refractivity contribution in [1.82, 2.24) is 0 Å². The maximum atomic E-state index is 6.26. The number of hydrogen-bond acceptors (Lipinski definition) is 3. The first-order chi connectivity index (χ1) is 7.67. The minimum absolute atomic E-state index is 0.0556. The summed E-state index contributed by atoms with van der Waals surface area (Å²) in [5, 5.41) is 0. The Morgan fingerprint density at radius 3 is 2.50 bits per heavy atom. The Kier molecular flexibility index (Phi) is 3.06. The third kappa shape index (κ3) is 2.00. The van der Waals surface area contributed by atoms with Gasteiger partial charge in [0.15, 0.2) is 0 Å². The second kappa shape index (κ2) is 4.34. The smallest absolute Gasteiger partial charge is 0.123 e. The molecule has 1 aliphatic carbocycles. The van der Waals surface area contributed by atoms with E-state index in [-0.39, 0.29) is 6.04 Å². The molecule has 2 rings (SSSR count). The standard InChI is InChI=1S/C13H19NO2/c1-8-6-10(8)13(14)11-7-9(15-2)4-5-12(11)16-3/h4-5,7-8,10,13H,6,14H2,1-3H3. The highest BCUT2D eigenvalue weighted by Crippen LogP contribution is 2.47. The van der Waals surface area contributed by atoms with Crippen LogP contribution in [0.5, 0.6) is 11.5 Å². The van der Waals surface area contributed by atoms with Crippen LogP contribution >= 0.6 is 0 Å². The van der Waals surface area contributed by atoms with Crippen molar-refractivity contribution >= 4 is 0 Å². The SMILES string of the molecule is COc1ccc(OC)c(C(N)C2CC2C)c1. The molecule has 1 aromatic rings. The maximum Gasteiger partial charge on any atom is 0.123 e. The minimum Gasteiger partial charge on any atom is -0.497 e. The molecule has 2 N–H and O–H groups in total. The van der Waals surface area contributed by atoms with Crippen LogP contribution in [0.15, 0.2) is 18.2 Å². The fraction of sp³-hybridized carbons (Fsp3) is 0.538. The molecular weight excluding hydrogens is 202 g/mol. The molecule has 0 radical (unpaired) electrons. The third-order valence-corrected chi connectivity index (χ3v) is 3.43. The van der Waals surface area contributed by atoms with Gasteiger partial charge in [-0.3, -0.25) is 0 Å². The van der Waals surface area contributed by atoms with E-state index in [4.69, 9.17) is 15.2 Å². The van der Waals surface area contributed by atoms with E-state index < -0.39 is 0 Å². The van der Waals surface area contributed by atoms with Crippen molar-refractivity contribution < 1.29 is 9.47 Å². The number of rotatable bonds is 4. The van der Waals surface area contributed by atoms with Gasteiger partial charge in [-0.2, -0.15) is 0 Å². The topological polar surface area (TPSA) is 44.5 Å². The summed E-state index contributed by atoms with van der Waals surface area (Å²) in [5.74, 6) is 3.00. The van der Waals surface area contributed by atoms with Crippen LogP contribution in [-0.4, -0.2) is 14.2 Å². The van der Waals surface area contributed by atoms with Gasteiger partial charge in [-0.1, -0.05) is 6.92 Å². The van der Waals surface area contributed by atoms with E-state index in [1.54, 1.807) is 14.2 Å². The van der Waals surface area contributed by atoms with Gasteiger partial charge in [0.2, 0.25) is 0 Å². The van der Waals surface area contributed by atoms with E-state index in [0.29, 0.717) is 5.92 Å². The Morgan fingerprint density at radius 1 is 1.31 bits per heavy atom. The van der Waals surface area contributed by atoms with Gasteiger partial charge in [0.05, 0.1) is 14.2 Å². The number of methoxy groups -OCH3 is 2. The van der Waals surface area contributed by atoms with Crippen molar-refractivity contribution in [2.45, 2.75) is 19.4 Å². The zero-order valence-electron chi connectivity index (χ0n) is 10.1. The molecule has 0 bridgehead atoms. The van der Waals surface area contributed by atoms with Crippen molar-refractivity contribution in [3.63, 3.8) is 0 Å². The molecule has 3 unspecified atom stereocenters. The summed E-state index contributed by atoms with van der Waals surface area (Å²) in [6, 6.07) is 5.85. The molecular formula is C13H19NO2. The largest absolute Gasteiger partial charge is 0.497 e. The van der Waals surface area contributed by atoms with Crippen LogP contribution in [0.2, 0.25) is 0 Å². The second-order valence-corrected chi connectivity index (χ2v) is 4.51. The highest BCUT2D eigenvalue weighted by atomic mass is 16.5. The van der Waals surface area contributed by atoms with Crippen LogP contribution in [0.4, 0.5) is 0 Å². The van der Waals surface area contributed by atoms with Gasteiger partial charge < -0.3 is 15.2 Å². The Balaban J connectivity index is 2.29. The van der Waals surface area contributed by atoms with Crippen LogP contribution in [0.25, 0.3) is 0 Å². The van der Waals surface area contributed by atoms with Crippen molar-refractivity contribution in [3.05, 3.63) is 23.8 Å². The molecule has 1 fully saturated rings. The number of nitrogens with two attached hydrogens (primary N) is 1. The fourth-order valence-corrected chi connectivity index (χ4v) is 2.18. The Morgan fingerprint density at radius 2 is 2.00 bits per heavy atom. The lowest BCUT2D eigenvalue weighted by Crippen LogP contribution is -2.14. The van der Waals surface area contributed by atoms with E-state index in [9.17, 15) is 0 Å². The monoisotopic (exact) mass is 221 g/mol.